The van der Waals surface area contributed by atoms with Gasteiger partial charge in [-0.2, -0.15) is 0 Å². The Hall–Kier alpha value is -2.38. The van der Waals surface area contributed by atoms with E-state index in [9.17, 15) is 14.4 Å². The monoisotopic (exact) mass is 401 g/mol. The van der Waals surface area contributed by atoms with E-state index >= 15 is 0 Å². The van der Waals surface area contributed by atoms with E-state index in [1.165, 1.54) is 30.9 Å². The largest absolute Gasteiger partial charge is 0.339 e. The minimum Gasteiger partial charge on any atom is -0.339 e. The normalized spacial score (nSPS) is 24.7. The molecule has 0 N–H and O–H groups in total. The number of aromatic nitrogens is 4. The maximum absolute atomic E-state index is 13.0. The zero-order valence-corrected chi connectivity index (χ0v) is 17.6. The van der Waals surface area contributed by atoms with Gasteiger partial charge in [-0.15, -0.1) is 0 Å². The Balaban J connectivity index is 1.45. The summed E-state index contributed by atoms with van der Waals surface area (Å²) in [5, 5.41) is 0. The minimum atomic E-state index is -0.385. The van der Waals surface area contributed by atoms with Crippen LogP contribution in [0.15, 0.2) is 15.9 Å². The van der Waals surface area contributed by atoms with Crippen LogP contribution in [-0.2, 0) is 25.4 Å². The second-order valence-electron chi connectivity index (χ2n) is 8.79. The Morgan fingerprint density at radius 1 is 1.14 bits per heavy atom. The average molecular weight is 402 g/mol. The van der Waals surface area contributed by atoms with Crippen molar-refractivity contribution in [1.29, 1.82) is 0 Å². The molecule has 1 saturated carbocycles. The van der Waals surface area contributed by atoms with Gasteiger partial charge in [-0.25, -0.2) is 9.78 Å². The summed E-state index contributed by atoms with van der Waals surface area (Å²) in [6.07, 6.45) is 8.72. The van der Waals surface area contributed by atoms with Crippen LogP contribution in [-0.4, -0.2) is 42.1 Å². The summed E-state index contributed by atoms with van der Waals surface area (Å²) in [5.41, 5.74) is 0.0759. The number of nitrogens with zero attached hydrogens (tertiary/aromatic N) is 5. The summed E-state index contributed by atoms with van der Waals surface area (Å²) in [6.45, 7) is 3.74. The fraction of sp³-hybridized carbons (Fsp3) is 0.714. The number of carbonyl (C=O) groups is 1. The highest BCUT2D eigenvalue weighted by molar-refractivity contribution is 5.76. The van der Waals surface area contributed by atoms with E-state index in [0.717, 1.165) is 24.0 Å². The Morgan fingerprint density at radius 3 is 2.69 bits per heavy atom. The van der Waals surface area contributed by atoms with Crippen LogP contribution in [0.5, 0.6) is 0 Å². The quantitative estimate of drug-likeness (QED) is 0.780. The topological polar surface area (TPSA) is 82.1 Å². The van der Waals surface area contributed by atoms with Gasteiger partial charge in [0.1, 0.15) is 0 Å². The van der Waals surface area contributed by atoms with Gasteiger partial charge in [0, 0.05) is 39.6 Å². The number of hydrogen-bond donors (Lipinski definition) is 0. The summed E-state index contributed by atoms with van der Waals surface area (Å²) in [4.78, 5) is 43.9. The molecule has 3 atom stereocenters. The second kappa shape index (κ2) is 7.80. The Labute approximate surface area is 170 Å². The van der Waals surface area contributed by atoms with E-state index < -0.39 is 0 Å². The minimum absolute atomic E-state index is 0.235. The molecule has 3 heterocycles. The number of imidazole rings is 1. The van der Waals surface area contributed by atoms with Gasteiger partial charge in [-0.1, -0.05) is 19.8 Å². The number of aryl methyl sites for hydroxylation is 2. The summed E-state index contributed by atoms with van der Waals surface area (Å²) >= 11 is 0. The molecule has 0 aromatic carbocycles. The highest BCUT2D eigenvalue weighted by Crippen LogP contribution is 2.39. The fourth-order valence-corrected chi connectivity index (χ4v) is 5.33. The van der Waals surface area contributed by atoms with Crippen LogP contribution in [0.3, 0.4) is 0 Å². The molecular formula is C21H31N5O3. The predicted octanol–water partition coefficient (Wildman–Crippen LogP) is 1.64. The van der Waals surface area contributed by atoms with E-state index in [2.05, 4.69) is 16.8 Å². The van der Waals surface area contributed by atoms with Crippen molar-refractivity contribution in [1.82, 2.24) is 23.6 Å². The third-order valence-electron chi connectivity index (χ3n) is 7.07. The lowest BCUT2D eigenvalue weighted by Crippen LogP contribution is -2.52. The van der Waals surface area contributed by atoms with Crippen LogP contribution < -0.4 is 11.2 Å². The van der Waals surface area contributed by atoms with E-state index in [1.54, 1.807) is 17.9 Å². The van der Waals surface area contributed by atoms with Gasteiger partial charge < -0.3 is 9.47 Å². The van der Waals surface area contributed by atoms with E-state index in [0.29, 0.717) is 48.4 Å². The first-order chi connectivity index (χ1) is 13.9. The van der Waals surface area contributed by atoms with Crippen molar-refractivity contribution < 1.29 is 4.79 Å². The molecule has 1 saturated heterocycles. The molecule has 3 unspecified atom stereocenters. The molecule has 4 rings (SSSR count). The molecule has 2 aromatic heterocycles. The van der Waals surface area contributed by atoms with Crippen LogP contribution >= 0.6 is 0 Å². The van der Waals surface area contributed by atoms with Gasteiger partial charge in [0.15, 0.2) is 11.2 Å². The maximum atomic E-state index is 13.0. The molecule has 0 radical (unpaired) electrons. The zero-order valence-electron chi connectivity index (χ0n) is 17.6. The number of hydrogen-bond acceptors (Lipinski definition) is 4. The number of fused-ring (bicyclic) bond motifs is 2. The van der Waals surface area contributed by atoms with Crippen LogP contribution in [0, 0.1) is 11.8 Å². The molecule has 2 aromatic rings. The molecule has 8 heteroatoms. The van der Waals surface area contributed by atoms with E-state index in [1.807, 2.05) is 0 Å². The van der Waals surface area contributed by atoms with Gasteiger partial charge in [0.25, 0.3) is 5.56 Å². The summed E-state index contributed by atoms with van der Waals surface area (Å²) < 4.78 is 4.26. The van der Waals surface area contributed by atoms with Crippen molar-refractivity contribution in [2.75, 3.05) is 6.54 Å². The van der Waals surface area contributed by atoms with Crippen molar-refractivity contribution in [2.24, 2.45) is 25.9 Å². The van der Waals surface area contributed by atoms with Gasteiger partial charge in [0.2, 0.25) is 5.91 Å². The average Bonchev–Trinajstić information content (AvgIpc) is 3.15. The molecule has 1 aliphatic heterocycles. The predicted molar refractivity (Wildman–Crippen MR) is 111 cm³/mol. The first-order valence-electron chi connectivity index (χ1n) is 10.8. The molecule has 1 aliphatic carbocycles. The Kier molecular flexibility index (Phi) is 5.36. The van der Waals surface area contributed by atoms with Crippen LogP contribution in [0.25, 0.3) is 11.2 Å². The van der Waals surface area contributed by atoms with Crippen molar-refractivity contribution in [3.05, 3.63) is 27.2 Å². The molecule has 2 aliphatic rings. The summed E-state index contributed by atoms with van der Waals surface area (Å²) in [7, 11) is 3.09. The highest BCUT2D eigenvalue weighted by atomic mass is 16.2. The Bertz CT molecular complexity index is 1030. The SMILES string of the molecule is CC1CCN(C(=O)CCCn2cnc3c2c(=O)n(C)c(=O)n3C)C2CCCCC12. The summed E-state index contributed by atoms with van der Waals surface area (Å²) in [5.74, 6) is 1.60. The lowest BCUT2D eigenvalue weighted by molar-refractivity contribution is -0.139. The van der Waals surface area contributed by atoms with Crippen molar-refractivity contribution in [3.8, 4) is 0 Å². The maximum Gasteiger partial charge on any atom is 0.332 e. The lowest BCUT2D eigenvalue weighted by Gasteiger charge is -2.47. The van der Waals surface area contributed by atoms with Crippen molar-refractivity contribution in [3.63, 3.8) is 0 Å². The molecule has 158 valence electrons. The van der Waals surface area contributed by atoms with Crippen molar-refractivity contribution in [2.45, 2.75) is 64.5 Å². The number of piperidine rings is 1. The summed E-state index contributed by atoms with van der Waals surface area (Å²) in [6, 6.07) is 0.413. The number of likely N-dealkylation sites (tertiary alicyclic amines) is 1. The van der Waals surface area contributed by atoms with Crippen molar-refractivity contribution >= 4 is 17.1 Å². The molecular weight excluding hydrogens is 370 g/mol. The van der Waals surface area contributed by atoms with E-state index in [4.69, 9.17) is 0 Å². The first kappa shape index (κ1) is 19.9. The Morgan fingerprint density at radius 2 is 1.90 bits per heavy atom. The van der Waals surface area contributed by atoms with Gasteiger partial charge >= 0.3 is 5.69 Å². The third-order valence-corrected chi connectivity index (χ3v) is 7.07. The van der Waals surface area contributed by atoms with Crippen LogP contribution in [0.4, 0.5) is 0 Å². The standard InChI is InChI=1S/C21H31N5O3/c1-14-10-12-26(16-8-5-4-7-15(14)16)17(27)9-6-11-25-13-22-19-18(25)20(28)24(3)21(29)23(19)2/h13-16H,4-12H2,1-3H3. The molecule has 8 nitrogen and oxygen atoms in total. The molecule has 1 amide bonds. The first-order valence-corrected chi connectivity index (χ1v) is 10.8. The molecule has 0 spiro atoms. The second-order valence-corrected chi connectivity index (χ2v) is 8.79. The highest BCUT2D eigenvalue weighted by Gasteiger charge is 2.38. The third kappa shape index (κ3) is 3.42. The van der Waals surface area contributed by atoms with E-state index in [-0.39, 0.29) is 17.2 Å². The van der Waals surface area contributed by atoms with Crippen LogP contribution in [0.1, 0.15) is 51.9 Å². The molecule has 0 bridgehead atoms. The van der Waals surface area contributed by atoms with Gasteiger partial charge in [-0.3, -0.25) is 18.7 Å². The number of amides is 1. The van der Waals surface area contributed by atoms with Gasteiger partial charge in [0.05, 0.1) is 6.33 Å². The van der Waals surface area contributed by atoms with Crippen LogP contribution in [0.2, 0.25) is 0 Å². The lowest BCUT2D eigenvalue weighted by atomic mass is 9.72. The number of rotatable bonds is 4. The number of carbonyl (C=O) groups excluding carboxylic acids is 1. The fourth-order valence-electron chi connectivity index (χ4n) is 5.33. The molecule has 29 heavy (non-hydrogen) atoms. The van der Waals surface area contributed by atoms with Gasteiger partial charge in [-0.05, 0) is 37.5 Å². The smallest absolute Gasteiger partial charge is 0.332 e. The molecule has 2 fully saturated rings. The zero-order chi connectivity index (χ0) is 20.7.